The molecule has 2 rings (SSSR count). The Morgan fingerprint density at radius 1 is 1.35 bits per heavy atom. The van der Waals surface area contributed by atoms with E-state index in [4.69, 9.17) is 9.47 Å². The zero-order chi connectivity index (χ0) is 13.7. The van der Waals surface area contributed by atoms with Crippen LogP contribution >= 0.6 is 23.7 Å². The number of nitrogens with one attached hydrogen (secondary N) is 1. The van der Waals surface area contributed by atoms with Crippen molar-refractivity contribution in [2.24, 2.45) is 0 Å². The number of nitrogens with zero attached hydrogens (tertiary/aromatic N) is 1. The van der Waals surface area contributed by atoms with Gasteiger partial charge in [0, 0.05) is 23.6 Å². The Morgan fingerprint density at radius 2 is 2.15 bits per heavy atom. The molecule has 1 aromatic heterocycles. The van der Waals surface area contributed by atoms with Gasteiger partial charge in [0.25, 0.3) is 0 Å². The highest BCUT2D eigenvalue weighted by molar-refractivity contribution is 7.14. The fourth-order valence-corrected chi connectivity index (χ4v) is 2.37. The number of anilines is 1. The number of halogens is 1. The van der Waals surface area contributed by atoms with E-state index in [0.717, 1.165) is 27.9 Å². The number of aromatic nitrogens is 1. The SMILES string of the molecule is C=CCNc1nc(-c2ccc(OC)cc2OC)cs1.Cl. The van der Waals surface area contributed by atoms with Gasteiger partial charge in [-0.25, -0.2) is 4.98 Å². The predicted molar refractivity (Wildman–Crippen MR) is 86.6 cm³/mol. The Hall–Kier alpha value is -1.72. The molecule has 1 heterocycles. The van der Waals surface area contributed by atoms with Gasteiger partial charge in [0.05, 0.1) is 19.9 Å². The lowest BCUT2D eigenvalue weighted by molar-refractivity contribution is 0.395. The minimum atomic E-state index is 0. The molecule has 20 heavy (non-hydrogen) atoms. The van der Waals surface area contributed by atoms with Crippen LogP contribution in [0.4, 0.5) is 5.13 Å². The summed E-state index contributed by atoms with van der Waals surface area (Å²) >= 11 is 1.56. The zero-order valence-electron chi connectivity index (χ0n) is 11.4. The van der Waals surface area contributed by atoms with Crippen LogP contribution in [0.25, 0.3) is 11.3 Å². The molecule has 6 heteroatoms. The number of benzene rings is 1. The Labute approximate surface area is 128 Å². The molecule has 1 aromatic carbocycles. The summed E-state index contributed by atoms with van der Waals surface area (Å²) in [6.07, 6.45) is 1.80. The Kier molecular flexibility index (Phi) is 6.35. The third-order valence-corrected chi connectivity index (χ3v) is 3.39. The van der Waals surface area contributed by atoms with Crippen LogP contribution in [-0.4, -0.2) is 25.7 Å². The normalized spacial score (nSPS) is 9.50. The summed E-state index contributed by atoms with van der Waals surface area (Å²) in [6.45, 7) is 4.37. The summed E-state index contributed by atoms with van der Waals surface area (Å²) in [5, 5.41) is 6.03. The maximum absolute atomic E-state index is 5.38. The number of hydrogen-bond acceptors (Lipinski definition) is 5. The third kappa shape index (κ3) is 3.65. The molecule has 2 aromatic rings. The Balaban J connectivity index is 0.00000200. The number of rotatable bonds is 6. The molecular weight excluding hydrogens is 296 g/mol. The van der Waals surface area contributed by atoms with Crippen molar-refractivity contribution in [3.05, 3.63) is 36.2 Å². The van der Waals surface area contributed by atoms with Crippen molar-refractivity contribution in [1.29, 1.82) is 0 Å². The van der Waals surface area contributed by atoms with Gasteiger partial charge in [-0.1, -0.05) is 6.08 Å². The van der Waals surface area contributed by atoms with Gasteiger partial charge in [0.1, 0.15) is 11.5 Å². The van der Waals surface area contributed by atoms with Gasteiger partial charge in [-0.05, 0) is 12.1 Å². The molecule has 4 nitrogen and oxygen atoms in total. The van der Waals surface area contributed by atoms with E-state index >= 15 is 0 Å². The monoisotopic (exact) mass is 312 g/mol. The van der Waals surface area contributed by atoms with Crippen molar-refractivity contribution in [2.45, 2.75) is 0 Å². The Morgan fingerprint density at radius 3 is 2.80 bits per heavy atom. The van der Waals surface area contributed by atoms with Gasteiger partial charge in [-0.15, -0.1) is 30.3 Å². The van der Waals surface area contributed by atoms with Crippen LogP contribution in [0.2, 0.25) is 0 Å². The van der Waals surface area contributed by atoms with Crippen LogP contribution in [-0.2, 0) is 0 Å². The quantitative estimate of drug-likeness (QED) is 0.823. The summed E-state index contributed by atoms with van der Waals surface area (Å²) in [4.78, 5) is 4.52. The molecule has 0 saturated carbocycles. The molecule has 0 saturated heterocycles. The van der Waals surface area contributed by atoms with Crippen molar-refractivity contribution < 1.29 is 9.47 Å². The molecule has 0 bridgehead atoms. The van der Waals surface area contributed by atoms with Gasteiger partial charge in [0.15, 0.2) is 5.13 Å². The molecule has 0 atom stereocenters. The van der Waals surface area contributed by atoms with E-state index in [1.54, 1.807) is 31.6 Å². The smallest absolute Gasteiger partial charge is 0.183 e. The molecule has 0 unspecified atom stereocenters. The standard InChI is InChI=1S/C14H16N2O2S.ClH/c1-4-7-15-14-16-12(9-19-14)11-6-5-10(17-2)8-13(11)18-3;/h4-6,8-9H,1,7H2,2-3H3,(H,15,16);1H. The summed E-state index contributed by atoms with van der Waals surface area (Å²) in [5.74, 6) is 1.51. The lowest BCUT2D eigenvalue weighted by Crippen LogP contribution is -1.96. The number of methoxy groups -OCH3 is 2. The van der Waals surface area contributed by atoms with E-state index in [1.807, 2.05) is 23.6 Å². The fraction of sp³-hybridized carbons (Fsp3) is 0.214. The molecule has 0 aliphatic carbocycles. The first-order valence-electron chi connectivity index (χ1n) is 5.81. The highest BCUT2D eigenvalue weighted by Crippen LogP contribution is 2.34. The summed E-state index contributed by atoms with van der Waals surface area (Å²) in [6, 6.07) is 5.70. The molecule has 1 N–H and O–H groups in total. The maximum Gasteiger partial charge on any atom is 0.183 e. The predicted octanol–water partition coefficient (Wildman–Crippen LogP) is 3.85. The maximum atomic E-state index is 5.38. The van der Waals surface area contributed by atoms with Gasteiger partial charge in [0.2, 0.25) is 0 Å². The number of ether oxygens (including phenoxy) is 2. The van der Waals surface area contributed by atoms with Crippen LogP contribution in [0.5, 0.6) is 11.5 Å². The molecular formula is C14H17ClN2O2S. The average Bonchev–Trinajstić information content (AvgIpc) is 2.92. The van der Waals surface area contributed by atoms with Gasteiger partial charge in [-0.3, -0.25) is 0 Å². The van der Waals surface area contributed by atoms with Gasteiger partial charge >= 0.3 is 0 Å². The van der Waals surface area contributed by atoms with Crippen molar-refractivity contribution in [3.8, 4) is 22.8 Å². The van der Waals surface area contributed by atoms with E-state index in [2.05, 4.69) is 16.9 Å². The van der Waals surface area contributed by atoms with Crippen molar-refractivity contribution in [1.82, 2.24) is 4.98 Å². The van der Waals surface area contributed by atoms with Crippen LogP contribution < -0.4 is 14.8 Å². The molecule has 0 fully saturated rings. The third-order valence-electron chi connectivity index (χ3n) is 2.59. The molecule has 0 aliphatic rings. The first-order valence-corrected chi connectivity index (χ1v) is 6.69. The highest BCUT2D eigenvalue weighted by atomic mass is 35.5. The second kappa shape index (κ2) is 7.77. The van der Waals surface area contributed by atoms with Gasteiger partial charge in [-0.2, -0.15) is 0 Å². The van der Waals surface area contributed by atoms with Crippen LogP contribution in [0.1, 0.15) is 0 Å². The van der Waals surface area contributed by atoms with E-state index < -0.39 is 0 Å². The minimum Gasteiger partial charge on any atom is -0.497 e. The molecule has 0 radical (unpaired) electrons. The highest BCUT2D eigenvalue weighted by Gasteiger charge is 2.10. The minimum absolute atomic E-state index is 0. The molecule has 0 amide bonds. The summed E-state index contributed by atoms with van der Waals surface area (Å²) in [7, 11) is 3.27. The number of thiazole rings is 1. The molecule has 0 spiro atoms. The van der Waals surface area contributed by atoms with E-state index in [1.165, 1.54) is 0 Å². The topological polar surface area (TPSA) is 43.4 Å². The first kappa shape index (κ1) is 16.3. The van der Waals surface area contributed by atoms with Crippen molar-refractivity contribution in [3.63, 3.8) is 0 Å². The van der Waals surface area contributed by atoms with E-state index in [9.17, 15) is 0 Å². The molecule has 108 valence electrons. The largest absolute Gasteiger partial charge is 0.497 e. The lowest BCUT2D eigenvalue weighted by Gasteiger charge is -2.08. The van der Waals surface area contributed by atoms with Crippen molar-refractivity contribution >= 4 is 28.9 Å². The van der Waals surface area contributed by atoms with E-state index in [0.29, 0.717) is 6.54 Å². The fourth-order valence-electron chi connectivity index (χ4n) is 1.65. The Bertz CT molecular complexity index is 572. The van der Waals surface area contributed by atoms with E-state index in [-0.39, 0.29) is 12.4 Å². The van der Waals surface area contributed by atoms with Crippen LogP contribution in [0, 0.1) is 0 Å². The second-order valence-corrected chi connectivity index (χ2v) is 4.63. The average molecular weight is 313 g/mol. The first-order chi connectivity index (χ1) is 9.28. The number of hydrogen-bond donors (Lipinski definition) is 1. The van der Waals surface area contributed by atoms with Crippen molar-refractivity contribution in [2.75, 3.05) is 26.1 Å². The zero-order valence-corrected chi connectivity index (χ0v) is 13.0. The molecule has 0 aliphatic heterocycles. The van der Waals surface area contributed by atoms with Gasteiger partial charge < -0.3 is 14.8 Å². The summed E-state index contributed by atoms with van der Waals surface area (Å²) < 4.78 is 10.6. The second-order valence-electron chi connectivity index (χ2n) is 3.77. The van der Waals surface area contributed by atoms with Crippen LogP contribution in [0.3, 0.4) is 0 Å². The lowest BCUT2D eigenvalue weighted by atomic mass is 10.1. The van der Waals surface area contributed by atoms with Crippen LogP contribution in [0.15, 0.2) is 36.2 Å². The summed E-state index contributed by atoms with van der Waals surface area (Å²) in [5.41, 5.74) is 1.84.